The maximum Gasteiger partial charge on any atom is 0.416 e. The van der Waals surface area contributed by atoms with Gasteiger partial charge in [-0.3, -0.25) is 4.90 Å². The fraction of sp³-hybridized carbons (Fsp3) is 0.500. The molecule has 1 N–H and O–H groups in total. The van der Waals surface area contributed by atoms with E-state index in [1.54, 1.807) is 6.07 Å². The van der Waals surface area contributed by atoms with E-state index in [4.69, 9.17) is 0 Å². The molecule has 1 aromatic rings. The van der Waals surface area contributed by atoms with Crippen molar-refractivity contribution in [1.29, 1.82) is 0 Å². The summed E-state index contributed by atoms with van der Waals surface area (Å²) in [7, 11) is 0. The normalized spacial score (nSPS) is 16.4. The van der Waals surface area contributed by atoms with Gasteiger partial charge in [0.25, 0.3) is 0 Å². The van der Waals surface area contributed by atoms with Gasteiger partial charge in [-0.1, -0.05) is 18.2 Å². The molecule has 1 aliphatic heterocycles. The largest absolute Gasteiger partial charge is 0.416 e. The van der Waals surface area contributed by atoms with E-state index in [1.165, 1.54) is 12.1 Å². The van der Waals surface area contributed by atoms with Gasteiger partial charge in [-0.25, -0.2) is 0 Å². The number of nitrogens with zero attached hydrogens (tertiary/aromatic N) is 1. The highest BCUT2D eigenvalue weighted by atomic mass is 35.5. The molecular weight excluding hydrogens is 300 g/mol. The van der Waals surface area contributed by atoms with Crippen LogP contribution < -0.4 is 5.32 Å². The summed E-state index contributed by atoms with van der Waals surface area (Å²) in [6, 6.07) is 5.57. The number of piperazine rings is 1. The first-order valence-corrected chi connectivity index (χ1v) is 5.65. The smallest absolute Gasteiger partial charge is 0.314 e. The fourth-order valence-electron chi connectivity index (χ4n) is 1.97. The van der Waals surface area contributed by atoms with Crippen LogP contribution in [0.2, 0.25) is 0 Å². The Morgan fingerprint density at radius 3 is 2.32 bits per heavy atom. The lowest BCUT2D eigenvalue weighted by molar-refractivity contribution is -0.137. The number of benzene rings is 1. The Hall–Kier alpha value is -0.490. The van der Waals surface area contributed by atoms with Gasteiger partial charge in [-0.05, 0) is 11.6 Å². The van der Waals surface area contributed by atoms with E-state index in [-0.39, 0.29) is 24.8 Å². The zero-order chi connectivity index (χ0) is 12.3. The van der Waals surface area contributed by atoms with Gasteiger partial charge < -0.3 is 5.32 Å². The number of halogens is 5. The molecule has 0 aliphatic carbocycles. The molecule has 7 heteroatoms. The molecule has 1 aliphatic rings. The first-order chi connectivity index (χ1) is 8.05. The molecule has 0 unspecified atom stereocenters. The Morgan fingerprint density at radius 1 is 1.11 bits per heavy atom. The van der Waals surface area contributed by atoms with Crippen LogP contribution in [-0.2, 0) is 12.7 Å². The van der Waals surface area contributed by atoms with Crippen molar-refractivity contribution < 1.29 is 13.2 Å². The Kier molecular flexibility index (Phi) is 7.74. The third-order valence-electron chi connectivity index (χ3n) is 2.87. The topological polar surface area (TPSA) is 15.3 Å². The molecule has 0 atom stereocenters. The molecular formula is C12H17Cl2F3N2. The summed E-state index contributed by atoms with van der Waals surface area (Å²) in [5.74, 6) is 0. The van der Waals surface area contributed by atoms with Crippen LogP contribution in [0.15, 0.2) is 24.3 Å². The van der Waals surface area contributed by atoms with E-state index < -0.39 is 11.7 Å². The number of hydrogen-bond donors (Lipinski definition) is 1. The van der Waals surface area contributed by atoms with Crippen molar-refractivity contribution in [3.8, 4) is 0 Å². The molecule has 0 saturated carbocycles. The molecule has 1 fully saturated rings. The molecule has 1 heterocycles. The van der Waals surface area contributed by atoms with Crippen LogP contribution in [0.5, 0.6) is 0 Å². The molecule has 1 aromatic carbocycles. The van der Waals surface area contributed by atoms with Crippen LogP contribution in [-0.4, -0.2) is 31.1 Å². The number of hydrogen-bond acceptors (Lipinski definition) is 2. The second-order valence-corrected chi connectivity index (χ2v) is 4.22. The molecule has 19 heavy (non-hydrogen) atoms. The van der Waals surface area contributed by atoms with Gasteiger partial charge in [0.1, 0.15) is 0 Å². The van der Waals surface area contributed by atoms with E-state index in [9.17, 15) is 13.2 Å². The van der Waals surface area contributed by atoms with Gasteiger partial charge in [-0.15, -0.1) is 24.8 Å². The summed E-state index contributed by atoms with van der Waals surface area (Å²) in [5.41, 5.74) is 0.159. The maximum atomic E-state index is 12.5. The minimum absolute atomic E-state index is 0. The van der Waals surface area contributed by atoms with Gasteiger partial charge in [0.05, 0.1) is 5.56 Å². The molecule has 1 saturated heterocycles. The zero-order valence-electron chi connectivity index (χ0n) is 10.2. The lowest BCUT2D eigenvalue weighted by Gasteiger charge is -2.27. The van der Waals surface area contributed by atoms with Gasteiger partial charge in [0.15, 0.2) is 0 Å². The minimum Gasteiger partial charge on any atom is -0.314 e. The second-order valence-electron chi connectivity index (χ2n) is 4.22. The SMILES string of the molecule is Cl.Cl.FC(F)(F)c1cccc(CN2CCNCC2)c1. The van der Waals surface area contributed by atoms with E-state index >= 15 is 0 Å². The lowest BCUT2D eigenvalue weighted by Crippen LogP contribution is -2.42. The average molecular weight is 317 g/mol. The van der Waals surface area contributed by atoms with Gasteiger partial charge >= 0.3 is 6.18 Å². The van der Waals surface area contributed by atoms with E-state index in [1.807, 2.05) is 0 Å². The Balaban J connectivity index is 0.00000162. The molecule has 0 radical (unpaired) electrons. The Labute approximate surface area is 123 Å². The van der Waals surface area contributed by atoms with Crippen LogP contribution in [0.1, 0.15) is 11.1 Å². The molecule has 0 amide bonds. The third-order valence-corrected chi connectivity index (χ3v) is 2.87. The minimum atomic E-state index is -4.25. The maximum absolute atomic E-state index is 12.5. The second kappa shape index (κ2) is 7.94. The predicted octanol–water partition coefficient (Wildman–Crippen LogP) is 2.95. The van der Waals surface area contributed by atoms with Crippen molar-refractivity contribution in [3.05, 3.63) is 35.4 Å². The Morgan fingerprint density at radius 2 is 1.74 bits per heavy atom. The van der Waals surface area contributed by atoms with Gasteiger partial charge in [0.2, 0.25) is 0 Å². The number of rotatable bonds is 2. The predicted molar refractivity (Wildman–Crippen MR) is 74.1 cm³/mol. The summed E-state index contributed by atoms with van der Waals surface area (Å²) in [5, 5.41) is 3.21. The number of nitrogens with one attached hydrogen (secondary N) is 1. The van der Waals surface area contributed by atoms with Crippen molar-refractivity contribution in [1.82, 2.24) is 10.2 Å². The highest BCUT2D eigenvalue weighted by Crippen LogP contribution is 2.29. The van der Waals surface area contributed by atoms with Crippen LogP contribution >= 0.6 is 24.8 Å². The standard InChI is InChI=1S/C12H15F3N2.2ClH/c13-12(14,15)11-3-1-2-10(8-11)9-17-6-4-16-5-7-17;;/h1-3,8,16H,4-7,9H2;2*1H. The summed E-state index contributed by atoms with van der Waals surface area (Å²) < 4.78 is 37.6. The van der Waals surface area contributed by atoms with E-state index in [0.717, 1.165) is 37.8 Å². The first-order valence-electron chi connectivity index (χ1n) is 5.65. The molecule has 110 valence electrons. The van der Waals surface area contributed by atoms with Crippen LogP contribution in [0.3, 0.4) is 0 Å². The highest BCUT2D eigenvalue weighted by Gasteiger charge is 2.30. The molecule has 0 aromatic heterocycles. The van der Waals surface area contributed by atoms with Crippen molar-refractivity contribution in [3.63, 3.8) is 0 Å². The van der Waals surface area contributed by atoms with E-state index in [0.29, 0.717) is 6.54 Å². The summed E-state index contributed by atoms with van der Waals surface area (Å²) >= 11 is 0. The summed E-state index contributed by atoms with van der Waals surface area (Å²) in [6.07, 6.45) is -4.25. The number of alkyl halides is 3. The first kappa shape index (κ1) is 18.5. The summed E-state index contributed by atoms with van der Waals surface area (Å²) in [4.78, 5) is 2.16. The molecule has 0 bridgehead atoms. The lowest BCUT2D eigenvalue weighted by atomic mass is 10.1. The molecule has 2 nitrogen and oxygen atoms in total. The van der Waals surface area contributed by atoms with Crippen LogP contribution in [0.4, 0.5) is 13.2 Å². The van der Waals surface area contributed by atoms with Crippen molar-refractivity contribution in [2.45, 2.75) is 12.7 Å². The van der Waals surface area contributed by atoms with Crippen molar-refractivity contribution in [2.24, 2.45) is 0 Å². The van der Waals surface area contributed by atoms with Crippen LogP contribution in [0.25, 0.3) is 0 Å². The summed E-state index contributed by atoms with van der Waals surface area (Å²) in [6.45, 7) is 4.16. The third kappa shape index (κ3) is 5.57. The van der Waals surface area contributed by atoms with Crippen LogP contribution in [0, 0.1) is 0 Å². The van der Waals surface area contributed by atoms with Gasteiger partial charge in [0, 0.05) is 32.7 Å². The van der Waals surface area contributed by atoms with Gasteiger partial charge in [-0.2, -0.15) is 13.2 Å². The van der Waals surface area contributed by atoms with E-state index in [2.05, 4.69) is 10.2 Å². The highest BCUT2D eigenvalue weighted by molar-refractivity contribution is 5.85. The Bertz CT molecular complexity index is 379. The molecule has 2 rings (SSSR count). The van der Waals surface area contributed by atoms with Crippen molar-refractivity contribution in [2.75, 3.05) is 26.2 Å². The fourth-order valence-corrected chi connectivity index (χ4v) is 1.97. The van der Waals surface area contributed by atoms with Crippen molar-refractivity contribution >= 4 is 24.8 Å². The zero-order valence-corrected chi connectivity index (χ0v) is 11.9. The quantitative estimate of drug-likeness (QED) is 0.902. The average Bonchev–Trinajstić information content (AvgIpc) is 2.29. The molecule has 0 spiro atoms. The monoisotopic (exact) mass is 316 g/mol.